The molecule has 2 unspecified atom stereocenters. The molecule has 0 aliphatic heterocycles. The highest BCUT2D eigenvalue weighted by molar-refractivity contribution is 5.97. The fourth-order valence-corrected chi connectivity index (χ4v) is 4.43. The van der Waals surface area contributed by atoms with E-state index in [1.807, 2.05) is 62.6 Å². The van der Waals surface area contributed by atoms with Crippen LogP contribution in [-0.2, 0) is 11.3 Å². The number of benzene rings is 2. The highest BCUT2D eigenvalue weighted by Gasteiger charge is 2.27. The summed E-state index contributed by atoms with van der Waals surface area (Å²) >= 11 is 0. The molecule has 36 heavy (non-hydrogen) atoms. The summed E-state index contributed by atoms with van der Waals surface area (Å²) in [4.78, 5) is 23.2. The number of aliphatic hydroxyl groups is 2. The van der Waals surface area contributed by atoms with Gasteiger partial charge in [0.05, 0.1) is 24.3 Å². The van der Waals surface area contributed by atoms with Crippen molar-refractivity contribution in [2.75, 3.05) is 0 Å². The second-order valence-corrected chi connectivity index (χ2v) is 8.75. The molecular weight excluding hydrogens is 461 g/mol. The van der Waals surface area contributed by atoms with Crippen molar-refractivity contribution in [1.82, 2.24) is 4.57 Å². The summed E-state index contributed by atoms with van der Waals surface area (Å²) < 4.78 is 15.7. The van der Waals surface area contributed by atoms with Crippen LogP contribution in [0.4, 0.5) is 4.39 Å². The molecule has 0 spiro atoms. The zero-order chi connectivity index (χ0) is 26.8. The average Bonchev–Trinajstić information content (AvgIpc) is 3.19. The lowest BCUT2D eigenvalue weighted by Crippen LogP contribution is -2.22. The summed E-state index contributed by atoms with van der Waals surface area (Å²) in [6, 6.07) is 15.6. The zero-order valence-corrected chi connectivity index (χ0v) is 21.3. The minimum atomic E-state index is -1.15. The highest BCUT2D eigenvalue weighted by atomic mass is 19.1. The summed E-state index contributed by atoms with van der Waals surface area (Å²) in [5.74, 6) is -1.52. The van der Waals surface area contributed by atoms with Crippen LogP contribution in [-0.4, -0.2) is 44.4 Å². The van der Waals surface area contributed by atoms with Crippen molar-refractivity contribution in [3.63, 3.8) is 0 Å². The van der Waals surface area contributed by atoms with Gasteiger partial charge >= 0.3 is 5.97 Å². The summed E-state index contributed by atoms with van der Waals surface area (Å²) in [6.45, 7) is 8.29. The van der Waals surface area contributed by atoms with Gasteiger partial charge in [0.1, 0.15) is 5.82 Å². The quantitative estimate of drug-likeness (QED) is 0.287. The fourth-order valence-electron chi connectivity index (χ4n) is 4.43. The standard InChI is InChI=1S/C27H30FNO5.C2H6/c1-17(2)26-23(16-30)25(18-6-4-3-5-7-18)27(19-8-10-20(28)11-9-19)29(26)13-12-21(31)14-22(32)15-24(33)34;1-2/h3-11,16-17,21-22,31-32H,12-15H2,1-2H3,(H,33,34);1-2H3. The Hall–Kier alpha value is -3.29. The maximum absolute atomic E-state index is 13.7. The highest BCUT2D eigenvalue weighted by Crippen LogP contribution is 2.41. The number of hydrogen-bond donors (Lipinski definition) is 3. The molecule has 0 saturated heterocycles. The third-order valence-electron chi connectivity index (χ3n) is 5.83. The first-order valence-electron chi connectivity index (χ1n) is 12.3. The number of aliphatic carboxylic acids is 1. The van der Waals surface area contributed by atoms with Gasteiger partial charge in [-0.05, 0) is 54.2 Å². The van der Waals surface area contributed by atoms with Crippen molar-refractivity contribution in [3.05, 3.63) is 71.7 Å². The summed E-state index contributed by atoms with van der Waals surface area (Å²) in [7, 11) is 0. The molecule has 1 aromatic heterocycles. The first-order valence-corrected chi connectivity index (χ1v) is 12.3. The van der Waals surface area contributed by atoms with E-state index < -0.39 is 24.6 Å². The van der Waals surface area contributed by atoms with Crippen molar-refractivity contribution in [3.8, 4) is 22.4 Å². The van der Waals surface area contributed by atoms with Gasteiger partial charge in [-0.1, -0.05) is 58.0 Å². The van der Waals surface area contributed by atoms with E-state index in [-0.39, 0.29) is 24.6 Å². The third kappa shape index (κ3) is 7.12. The van der Waals surface area contributed by atoms with Gasteiger partial charge in [0.15, 0.2) is 6.29 Å². The minimum Gasteiger partial charge on any atom is -0.481 e. The Morgan fingerprint density at radius 3 is 2.11 bits per heavy atom. The molecule has 2 atom stereocenters. The molecule has 194 valence electrons. The number of hydrogen-bond acceptors (Lipinski definition) is 4. The number of carbonyl (C=O) groups is 2. The van der Waals surface area contributed by atoms with Gasteiger partial charge in [0.2, 0.25) is 0 Å². The molecular formula is C29H36FNO5. The number of halogens is 1. The Morgan fingerprint density at radius 1 is 0.972 bits per heavy atom. The van der Waals surface area contributed by atoms with Crippen LogP contribution in [0.1, 0.15) is 68.9 Å². The van der Waals surface area contributed by atoms with E-state index in [2.05, 4.69) is 0 Å². The van der Waals surface area contributed by atoms with E-state index in [4.69, 9.17) is 5.11 Å². The second-order valence-electron chi connectivity index (χ2n) is 8.75. The number of aldehydes is 1. The molecule has 0 radical (unpaired) electrons. The molecule has 3 rings (SSSR count). The van der Waals surface area contributed by atoms with Crippen molar-refractivity contribution in [2.24, 2.45) is 0 Å². The Labute approximate surface area is 212 Å². The summed E-state index contributed by atoms with van der Waals surface area (Å²) in [6.07, 6.45) is -1.50. The number of carbonyl (C=O) groups excluding carboxylic acids is 1. The van der Waals surface area contributed by atoms with Gasteiger partial charge in [-0.2, -0.15) is 0 Å². The van der Waals surface area contributed by atoms with Crippen LogP contribution in [0.5, 0.6) is 0 Å². The Morgan fingerprint density at radius 2 is 1.58 bits per heavy atom. The van der Waals surface area contributed by atoms with E-state index in [1.54, 1.807) is 12.1 Å². The molecule has 0 saturated carbocycles. The van der Waals surface area contributed by atoms with Gasteiger partial charge in [0.25, 0.3) is 0 Å². The first kappa shape index (κ1) is 28.9. The van der Waals surface area contributed by atoms with Crippen LogP contribution in [0, 0.1) is 5.82 Å². The first-order chi connectivity index (χ1) is 17.2. The van der Waals surface area contributed by atoms with Crippen LogP contribution >= 0.6 is 0 Å². The fraction of sp³-hybridized carbons (Fsp3) is 0.379. The van der Waals surface area contributed by atoms with E-state index in [9.17, 15) is 24.2 Å². The minimum absolute atomic E-state index is 0.0217. The predicted octanol–water partition coefficient (Wildman–Crippen LogP) is 5.90. The third-order valence-corrected chi connectivity index (χ3v) is 5.83. The SMILES string of the molecule is CC.CC(C)c1c(C=O)c(-c2ccccc2)c(-c2ccc(F)cc2)n1CCC(O)CC(O)CC(=O)O. The van der Waals surface area contributed by atoms with E-state index in [0.29, 0.717) is 12.1 Å². The topological polar surface area (TPSA) is 99.8 Å². The molecule has 0 bridgehead atoms. The molecule has 0 aliphatic carbocycles. The summed E-state index contributed by atoms with van der Waals surface area (Å²) in [5.41, 5.74) is 4.41. The Balaban J connectivity index is 0.00000222. The van der Waals surface area contributed by atoms with Crippen LogP contribution in [0.2, 0.25) is 0 Å². The van der Waals surface area contributed by atoms with Crippen LogP contribution in [0.25, 0.3) is 22.4 Å². The van der Waals surface area contributed by atoms with Crippen LogP contribution in [0.15, 0.2) is 54.6 Å². The maximum atomic E-state index is 13.7. The van der Waals surface area contributed by atoms with Gasteiger partial charge in [-0.15, -0.1) is 0 Å². The lowest BCUT2D eigenvalue weighted by molar-refractivity contribution is -0.139. The molecule has 6 nitrogen and oxygen atoms in total. The molecule has 2 aromatic carbocycles. The smallest absolute Gasteiger partial charge is 0.305 e. The lowest BCUT2D eigenvalue weighted by atomic mass is 9.96. The van der Waals surface area contributed by atoms with Crippen molar-refractivity contribution in [2.45, 2.75) is 71.6 Å². The molecule has 0 fully saturated rings. The largest absolute Gasteiger partial charge is 0.481 e. The lowest BCUT2D eigenvalue weighted by Gasteiger charge is -2.20. The molecule has 0 amide bonds. The Bertz CT molecular complexity index is 1120. The number of aromatic nitrogens is 1. The van der Waals surface area contributed by atoms with Crippen molar-refractivity contribution in [1.29, 1.82) is 0 Å². The van der Waals surface area contributed by atoms with Gasteiger partial charge in [-0.25, -0.2) is 4.39 Å². The normalized spacial score (nSPS) is 12.6. The number of aliphatic hydroxyl groups excluding tert-OH is 2. The molecule has 7 heteroatoms. The van der Waals surface area contributed by atoms with Crippen LogP contribution < -0.4 is 0 Å². The van der Waals surface area contributed by atoms with E-state index >= 15 is 0 Å². The molecule has 3 aromatic rings. The van der Waals surface area contributed by atoms with E-state index in [1.165, 1.54) is 12.1 Å². The van der Waals surface area contributed by atoms with Gasteiger partial charge < -0.3 is 19.9 Å². The van der Waals surface area contributed by atoms with E-state index in [0.717, 1.165) is 34.4 Å². The van der Waals surface area contributed by atoms with Gasteiger partial charge in [-0.3, -0.25) is 9.59 Å². The Kier molecular flexibility index (Phi) is 11.0. The van der Waals surface area contributed by atoms with Crippen molar-refractivity contribution < 1.29 is 29.3 Å². The number of carboxylic acid groups (broad SMARTS) is 1. The molecule has 1 heterocycles. The van der Waals surface area contributed by atoms with Crippen molar-refractivity contribution >= 4 is 12.3 Å². The maximum Gasteiger partial charge on any atom is 0.305 e. The zero-order valence-electron chi connectivity index (χ0n) is 21.3. The molecule has 3 N–H and O–H groups in total. The monoisotopic (exact) mass is 497 g/mol. The average molecular weight is 498 g/mol. The number of nitrogens with zero attached hydrogens (tertiary/aromatic N) is 1. The van der Waals surface area contributed by atoms with Crippen LogP contribution in [0.3, 0.4) is 0 Å². The second kappa shape index (κ2) is 13.7. The molecule has 0 aliphatic rings. The van der Waals surface area contributed by atoms with Gasteiger partial charge in [0, 0.05) is 23.4 Å². The predicted molar refractivity (Wildman–Crippen MR) is 140 cm³/mol. The number of carboxylic acids is 1. The number of rotatable bonds is 11. The summed E-state index contributed by atoms with van der Waals surface area (Å²) in [5, 5.41) is 29.2.